The predicted octanol–water partition coefficient (Wildman–Crippen LogP) is 4.11. The van der Waals surface area contributed by atoms with Crippen molar-refractivity contribution in [3.8, 4) is 11.8 Å². The predicted molar refractivity (Wildman–Crippen MR) is 117 cm³/mol. The van der Waals surface area contributed by atoms with Crippen molar-refractivity contribution in [2.45, 2.75) is 44.7 Å². The third-order valence-corrected chi connectivity index (χ3v) is 6.84. The van der Waals surface area contributed by atoms with E-state index in [9.17, 15) is 8.78 Å². The number of aryl methyl sites for hydroxylation is 1. The molecule has 1 N–H and O–H groups in total. The van der Waals surface area contributed by atoms with Crippen LogP contribution in [-0.4, -0.2) is 43.9 Å². The van der Waals surface area contributed by atoms with Gasteiger partial charge >= 0.3 is 6.01 Å². The average Bonchev–Trinajstić information content (AvgIpc) is 3.53. The van der Waals surface area contributed by atoms with Crippen LogP contribution in [0, 0.1) is 30.4 Å². The molecule has 0 amide bonds. The minimum absolute atomic E-state index is 0.197. The molecule has 10 heteroatoms. The second kappa shape index (κ2) is 7.93. The van der Waals surface area contributed by atoms with Crippen molar-refractivity contribution in [2.24, 2.45) is 11.8 Å². The lowest BCUT2D eigenvalue weighted by Crippen LogP contribution is -2.48. The van der Waals surface area contributed by atoms with Crippen LogP contribution in [0.1, 0.15) is 37.4 Å². The highest BCUT2D eigenvalue weighted by Crippen LogP contribution is 2.41. The van der Waals surface area contributed by atoms with E-state index in [4.69, 9.17) is 4.74 Å². The quantitative estimate of drug-likeness (QED) is 0.602. The van der Waals surface area contributed by atoms with Crippen molar-refractivity contribution in [1.82, 2.24) is 24.7 Å². The maximum Gasteiger partial charge on any atom is 0.322 e. The summed E-state index contributed by atoms with van der Waals surface area (Å²) >= 11 is 0. The average molecular weight is 453 g/mol. The molecule has 8 nitrogen and oxygen atoms in total. The lowest BCUT2D eigenvalue weighted by Gasteiger charge is -2.38. The van der Waals surface area contributed by atoms with Gasteiger partial charge in [-0.3, -0.25) is 0 Å². The van der Waals surface area contributed by atoms with Crippen molar-refractivity contribution in [3.63, 3.8) is 0 Å². The zero-order valence-corrected chi connectivity index (χ0v) is 18.3. The fourth-order valence-electron chi connectivity index (χ4n) is 5.05. The maximum absolute atomic E-state index is 13.6. The summed E-state index contributed by atoms with van der Waals surface area (Å²) in [5.74, 6) is 0.759. The molecule has 172 valence electrons. The number of piperidine rings is 1. The first-order chi connectivity index (χ1) is 16.0. The Labute approximate surface area is 190 Å². The maximum atomic E-state index is 13.6. The van der Waals surface area contributed by atoms with Gasteiger partial charge in [0.05, 0.1) is 6.04 Å². The van der Waals surface area contributed by atoms with Gasteiger partial charge < -0.3 is 15.0 Å². The standard InChI is InChI=1S/C23H25F2N7O/c1-13-8-20(27-12-26-13)31-10-14-2-3-15(11-31)21(14)28-22-29-23(32(30-22)16-4-5-16)33-17-6-7-18(24)19(25)9-17/h6-9,12,14-16,21H,2-5,10-11H2,1H3,(H,28,30)/t14-,15+,21-. The Bertz CT molecular complexity index is 1170. The van der Waals surface area contributed by atoms with E-state index >= 15 is 0 Å². The van der Waals surface area contributed by atoms with Crippen LogP contribution in [0.2, 0.25) is 0 Å². The van der Waals surface area contributed by atoms with Crippen molar-refractivity contribution >= 4 is 11.8 Å². The number of nitrogens with zero attached hydrogens (tertiary/aromatic N) is 6. The minimum Gasteiger partial charge on any atom is -0.424 e. The summed E-state index contributed by atoms with van der Waals surface area (Å²) in [6.45, 7) is 3.83. The Morgan fingerprint density at radius 2 is 1.79 bits per heavy atom. The second-order valence-electron chi connectivity index (χ2n) is 9.26. The highest BCUT2D eigenvalue weighted by Gasteiger charge is 2.43. The molecule has 3 aliphatic rings. The normalized spacial score (nSPS) is 24.2. The smallest absolute Gasteiger partial charge is 0.322 e. The van der Waals surface area contributed by atoms with Crippen LogP contribution in [0.4, 0.5) is 20.5 Å². The van der Waals surface area contributed by atoms with Gasteiger partial charge in [-0.1, -0.05) is 0 Å². The molecule has 3 fully saturated rings. The molecule has 1 saturated heterocycles. The number of anilines is 2. The van der Waals surface area contributed by atoms with Crippen molar-refractivity contribution < 1.29 is 13.5 Å². The molecule has 2 bridgehead atoms. The number of nitrogens with one attached hydrogen (secondary N) is 1. The molecule has 2 saturated carbocycles. The Morgan fingerprint density at radius 1 is 1.00 bits per heavy atom. The van der Waals surface area contributed by atoms with Crippen molar-refractivity contribution in [1.29, 1.82) is 0 Å². The first-order valence-electron chi connectivity index (χ1n) is 11.4. The zero-order valence-electron chi connectivity index (χ0n) is 18.3. The molecule has 1 aliphatic heterocycles. The summed E-state index contributed by atoms with van der Waals surface area (Å²) < 4.78 is 34.4. The minimum atomic E-state index is -0.953. The number of ether oxygens (including phenoxy) is 1. The van der Waals surface area contributed by atoms with Crippen LogP contribution in [0.5, 0.6) is 11.8 Å². The van der Waals surface area contributed by atoms with Gasteiger partial charge in [0.25, 0.3) is 0 Å². The van der Waals surface area contributed by atoms with Crippen molar-refractivity contribution in [3.05, 3.63) is 47.9 Å². The van der Waals surface area contributed by atoms with E-state index in [2.05, 4.69) is 30.3 Å². The fourth-order valence-corrected chi connectivity index (χ4v) is 5.05. The van der Waals surface area contributed by atoms with Gasteiger partial charge in [0.15, 0.2) is 11.6 Å². The molecule has 0 unspecified atom stereocenters. The Kier molecular flexibility index (Phi) is 4.88. The van der Waals surface area contributed by atoms with E-state index in [0.29, 0.717) is 23.8 Å². The van der Waals surface area contributed by atoms with Crippen LogP contribution < -0.4 is 15.0 Å². The van der Waals surface area contributed by atoms with E-state index < -0.39 is 11.6 Å². The van der Waals surface area contributed by atoms with Gasteiger partial charge in [-0.15, -0.1) is 5.10 Å². The molecule has 33 heavy (non-hydrogen) atoms. The third kappa shape index (κ3) is 3.98. The number of hydrogen-bond acceptors (Lipinski definition) is 7. The molecule has 0 spiro atoms. The van der Waals surface area contributed by atoms with Crippen LogP contribution in [0.25, 0.3) is 0 Å². The van der Waals surface area contributed by atoms with Gasteiger partial charge in [-0.2, -0.15) is 4.98 Å². The van der Waals surface area contributed by atoms with Gasteiger partial charge in [0.2, 0.25) is 5.95 Å². The van der Waals surface area contributed by atoms with Gasteiger partial charge in [0.1, 0.15) is 17.9 Å². The van der Waals surface area contributed by atoms with Crippen LogP contribution in [0.3, 0.4) is 0 Å². The number of fused-ring (bicyclic) bond motifs is 2. The summed E-state index contributed by atoms with van der Waals surface area (Å²) in [6.07, 6.45) is 5.91. The van der Waals surface area contributed by atoms with Crippen LogP contribution in [0.15, 0.2) is 30.6 Å². The number of hydrogen-bond donors (Lipinski definition) is 1. The Hall–Kier alpha value is -3.30. The summed E-state index contributed by atoms with van der Waals surface area (Å²) in [5, 5.41) is 8.21. The van der Waals surface area contributed by atoms with E-state index in [1.165, 1.54) is 6.07 Å². The van der Waals surface area contributed by atoms with Crippen LogP contribution >= 0.6 is 0 Å². The molecule has 0 radical (unpaired) electrons. The van der Waals surface area contributed by atoms with E-state index in [1.807, 2.05) is 13.0 Å². The summed E-state index contributed by atoms with van der Waals surface area (Å²) in [5.41, 5.74) is 0.968. The first kappa shape index (κ1) is 20.3. The van der Waals surface area contributed by atoms with E-state index in [-0.39, 0.29) is 17.8 Å². The molecule has 3 atom stereocenters. The summed E-state index contributed by atoms with van der Waals surface area (Å²) in [7, 11) is 0. The topological polar surface area (TPSA) is 81.0 Å². The Morgan fingerprint density at radius 3 is 2.48 bits per heavy atom. The molecular formula is C23H25F2N7O. The third-order valence-electron chi connectivity index (χ3n) is 6.84. The number of halogens is 2. The first-order valence-corrected chi connectivity index (χ1v) is 11.4. The zero-order chi connectivity index (χ0) is 22.5. The number of rotatable bonds is 6. The molecule has 6 rings (SSSR count). The van der Waals surface area contributed by atoms with Crippen molar-refractivity contribution in [2.75, 3.05) is 23.3 Å². The molecule has 3 heterocycles. The lowest BCUT2D eigenvalue weighted by molar-refractivity contribution is 0.374. The molecule has 2 aromatic heterocycles. The SMILES string of the molecule is Cc1cc(N2C[C@H]3CC[C@@H](C2)[C@@H]3Nc2nc(Oc3ccc(F)c(F)c3)n(C3CC3)n2)ncn1. The molecule has 3 aromatic rings. The number of aromatic nitrogens is 5. The molecule has 2 aliphatic carbocycles. The number of benzene rings is 1. The fraction of sp³-hybridized carbons (Fsp3) is 0.478. The summed E-state index contributed by atoms with van der Waals surface area (Å²) in [6, 6.07) is 6.30. The Balaban J connectivity index is 1.19. The lowest BCUT2D eigenvalue weighted by atomic mass is 9.92. The molecular weight excluding hydrogens is 428 g/mol. The van der Waals surface area contributed by atoms with Gasteiger partial charge in [0, 0.05) is 37.0 Å². The van der Waals surface area contributed by atoms with Gasteiger partial charge in [-0.25, -0.2) is 23.4 Å². The highest BCUT2D eigenvalue weighted by atomic mass is 19.2. The molecule has 1 aromatic carbocycles. The van der Waals surface area contributed by atoms with Crippen LogP contribution in [-0.2, 0) is 0 Å². The second-order valence-corrected chi connectivity index (χ2v) is 9.26. The van der Waals surface area contributed by atoms with E-state index in [0.717, 1.165) is 62.4 Å². The largest absolute Gasteiger partial charge is 0.424 e. The van der Waals surface area contributed by atoms with Gasteiger partial charge in [-0.05, 0) is 56.6 Å². The monoisotopic (exact) mass is 453 g/mol. The summed E-state index contributed by atoms with van der Waals surface area (Å²) in [4.78, 5) is 15.6. The highest BCUT2D eigenvalue weighted by molar-refractivity contribution is 5.42. The van der Waals surface area contributed by atoms with E-state index in [1.54, 1.807) is 11.0 Å².